The molecule has 0 radical (unpaired) electrons. The number of nitrogens with zero attached hydrogens (tertiary/aromatic N) is 2. The molecular weight excluding hydrogens is 358 g/mol. The van der Waals surface area contributed by atoms with Crippen LogP contribution in [-0.4, -0.2) is 57.7 Å². The topological polar surface area (TPSA) is 103 Å². The van der Waals surface area contributed by atoms with E-state index in [4.69, 9.17) is 4.74 Å². The lowest BCUT2D eigenvalue weighted by Gasteiger charge is -2.32. The van der Waals surface area contributed by atoms with E-state index in [2.05, 4.69) is 20.5 Å². The largest absolute Gasteiger partial charge is 0.365 e. The number of anilines is 1. The number of carbonyl (C=O) groups is 2. The van der Waals surface area contributed by atoms with Gasteiger partial charge in [0, 0.05) is 34.5 Å². The third kappa shape index (κ3) is 3.27. The molecule has 8 heteroatoms. The molecule has 1 saturated heterocycles. The minimum atomic E-state index is -0.713. The zero-order valence-electron chi connectivity index (χ0n) is 16.1. The Kier molecular flexibility index (Phi) is 4.64. The summed E-state index contributed by atoms with van der Waals surface area (Å²) in [4.78, 5) is 30.3. The molecule has 146 valence electrons. The van der Waals surface area contributed by atoms with Crippen LogP contribution in [0.1, 0.15) is 27.3 Å². The molecule has 0 aliphatic carbocycles. The highest BCUT2D eigenvalue weighted by Gasteiger charge is 2.30. The lowest BCUT2D eigenvalue weighted by molar-refractivity contribution is -0.131. The van der Waals surface area contributed by atoms with Gasteiger partial charge in [0.05, 0.1) is 24.9 Å². The van der Waals surface area contributed by atoms with Gasteiger partial charge in [0.15, 0.2) is 6.10 Å². The number of benzene rings is 1. The first-order chi connectivity index (χ1) is 13.4. The van der Waals surface area contributed by atoms with Gasteiger partial charge in [0.25, 0.3) is 11.8 Å². The van der Waals surface area contributed by atoms with Crippen LogP contribution in [-0.2, 0) is 9.53 Å². The summed E-state index contributed by atoms with van der Waals surface area (Å²) in [5, 5.41) is 10.6. The Morgan fingerprint density at radius 2 is 2.07 bits per heavy atom. The Morgan fingerprint density at radius 3 is 2.82 bits per heavy atom. The van der Waals surface area contributed by atoms with Gasteiger partial charge in [-0.3, -0.25) is 14.7 Å². The normalized spacial score (nSPS) is 17.1. The van der Waals surface area contributed by atoms with E-state index in [1.165, 1.54) is 6.20 Å². The summed E-state index contributed by atoms with van der Waals surface area (Å²) < 4.78 is 5.62. The van der Waals surface area contributed by atoms with Gasteiger partial charge in [0.1, 0.15) is 0 Å². The number of hydrogen-bond acceptors (Lipinski definition) is 4. The van der Waals surface area contributed by atoms with Gasteiger partial charge in [-0.05, 0) is 44.5 Å². The number of aryl methyl sites for hydroxylation is 3. The molecule has 0 saturated carbocycles. The maximum absolute atomic E-state index is 12.7. The van der Waals surface area contributed by atoms with Crippen LogP contribution in [0, 0.1) is 20.8 Å². The zero-order valence-corrected chi connectivity index (χ0v) is 16.1. The van der Waals surface area contributed by atoms with Crippen molar-refractivity contribution in [3.63, 3.8) is 0 Å². The Hall–Kier alpha value is -3.13. The van der Waals surface area contributed by atoms with Crippen molar-refractivity contribution in [3.05, 3.63) is 46.9 Å². The van der Waals surface area contributed by atoms with Gasteiger partial charge in [-0.2, -0.15) is 5.10 Å². The maximum Gasteiger partial charge on any atom is 0.257 e. The van der Waals surface area contributed by atoms with Gasteiger partial charge in [-0.15, -0.1) is 0 Å². The predicted molar refractivity (Wildman–Crippen MR) is 105 cm³/mol. The van der Waals surface area contributed by atoms with Gasteiger partial charge in [-0.25, -0.2) is 0 Å². The number of ether oxygens (including phenoxy) is 1. The lowest BCUT2D eigenvalue weighted by Crippen LogP contribution is -2.50. The van der Waals surface area contributed by atoms with E-state index in [1.807, 2.05) is 32.0 Å². The van der Waals surface area contributed by atoms with Gasteiger partial charge in [-0.1, -0.05) is 0 Å². The third-order valence-electron chi connectivity index (χ3n) is 5.28. The van der Waals surface area contributed by atoms with E-state index < -0.39 is 6.10 Å². The summed E-state index contributed by atoms with van der Waals surface area (Å²) in [6.45, 7) is 6.84. The molecule has 1 aliphatic rings. The molecular formula is C20H23N5O3. The van der Waals surface area contributed by atoms with Crippen molar-refractivity contribution in [1.29, 1.82) is 0 Å². The molecule has 0 bridgehead atoms. The molecule has 2 amide bonds. The van der Waals surface area contributed by atoms with E-state index in [-0.39, 0.29) is 18.4 Å². The molecule has 3 heterocycles. The molecule has 1 aliphatic heterocycles. The minimum absolute atomic E-state index is 0.146. The average Bonchev–Trinajstić information content (AvgIpc) is 3.25. The van der Waals surface area contributed by atoms with Crippen LogP contribution >= 0.6 is 0 Å². The van der Waals surface area contributed by atoms with Crippen molar-refractivity contribution < 1.29 is 14.3 Å². The fourth-order valence-electron chi connectivity index (χ4n) is 3.49. The fraction of sp³-hybridized carbons (Fsp3) is 0.350. The smallest absolute Gasteiger partial charge is 0.257 e. The van der Waals surface area contributed by atoms with Gasteiger partial charge < -0.3 is 19.9 Å². The molecule has 1 aromatic carbocycles. The van der Waals surface area contributed by atoms with Crippen molar-refractivity contribution >= 4 is 28.4 Å². The van der Waals surface area contributed by atoms with E-state index in [0.29, 0.717) is 30.1 Å². The minimum Gasteiger partial charge on any atom is -0.365 e. The van der Waals surface area contributed by atoms with E-state index in [9.17, 15) is 9.59 Å². The van der Waals surface area contributed by atoms with Gasteiger partial charge >= 0.3 is 0 Å². The molecule has 1 fully saturated rings. The van der Waals surface area contributed by atoms with Crippen LogP contribution < -0.4 is 5.32 Å². The van der Waals surface area contributed by atoms with Crippen LogP contribution in [0.25, 0.3) is 10.9 Å². The SMILES string of the molecule is Cc1[nH]ncc1C(=O)N1CCOC(C(=O)Nc2ccc3[nH]c(C)c(C)c3c2)C1. The van der Waals surface area contributed by atoms with Crippen LogP contribution in [0.15, 0.2) is 24.4 Å². The first-order valence-corrected chi connectivity index (χ1v) is 9.24. The highest BCUT2D eigenvalue weighted by molar-refractivity contribution is 5.99. The second-order valence-electron chi connectivity index (χ2n) is 7.14. The monoisotopic (exact) mass is 381 g/mol. The summed E-state index contributed by atoms with van der Waals surface area (Å²) in [7, 11) is 0. The van der Waals surface area contributed by atoms with Crippen LogP contribution in [0.4, 0.5) is 5.69 Å². The Labute approximate surface area is 162 Å². The standard InChI is InChI=1S/C20H23N5O3/c1-11-12(2)22-17-5-4-14(8-15(11)17)23-19(26)18-10-25(6-7-28-18)20(27)16-9-21-24-13(16)3/h4-5,8-9,18,22H,6-7,10H2,1-3H3,(H,21,24)(H,23,26). The number of nitrogens with one attached hydrogen (secondary N) is 3. The number of amides is 2. The lowest BCUT2D eigenvalue weighted by atomic mass is 10.1. The van der Waals surface area contributed by atoms with Crippen molar-refractivity contribution in [2.24, 2.45) is 0 Å². The Bertz CT molecular complexity index is 1050. The maximum atomic E-state index is 12.7. The van der Waals surface area contributed by atoms with Gasteiger partial charge in [0.2, 0.25) is 0 Å². The quantitative estimate of drug-likeness (QED) is 0.648. The third-order valence-corrected chi connectivity index (χ3v) is 5.28. The molecule has 1 unspecified atom stereocenters. The molecule has 28 heavy (non-hydrogen) atoms. The van der Waals surface area contributed by atoms with Crippen molar-refractivity contribution in [2.45, 2.75) is 26.9 Å². The Morgan fingerprint density at radius 1 is 1.25 bits per heavy atom. The second-order valence-corrected chi connectivity index (χ2v) is 7.14. The molecule has 2 aromatic heterocycles. The summed E-state index contributed by atoms with van der Waals surface area (Å²) in [5.41, 5.74) is 5.24. The van der Waals surface area contributed by atoms with E-state index in [0.717, 1.165) is 22.2 Å². The Balaban J connectivity index is 1.46. The van der Waals surface area contributed by atoms with E-state index >= 15 is 0 Å². The fourth-order valence-corrected chi connectivity index (χ4v) is 3.49. The zero-order chi connectivity index (χ0) is 19.8. The molecule has 1 atom stereocenters. The highest BCUT2D eigenvalue weighted by Crippen LogP contribution is 2.25. The molecule has 8 nitrogen and oxygen atoms in total. The average molecular weight is 381 g/mol. The summed E-state index contributed by atoms with van der Waals surface area (Å²) in [6.07, 6.45) is 0.799. The summed E-state index contributed by atoms with van der Waals surface area (Å²) >= 11 is 0. The van der Waals surface area contributed by atoms with Crippen LogP contribution in [0.3, 0.4) is 0 Å². The highest BCUT2D eigenvalue weighted by atomic mass is 16.5. The number of carbonyl (C=O) groups excluding carboxylic acids is 2. The molecule has 0 spiro atoms. The van der Waals surface area contributed by atoms with Crippen molar-refractivity contribution in [2.75, 3.05) is 25.0 Å². The molecule has 3 N–H and O–H groups in total. The predicted octanol–water partition coefficient (Wildman–Crippen LogP) is 2.30. The first-order valence-electron chi connectivity index (χ1n) is 9.24. The number of hydrogen-bond donors (Lipinski definition) is 3. The second kappa shape index (κ2) is 7.12. The van der Waals surface area contributed by atoms with Crippen LogP contribution in [0.2, 0.25) is 0 Å². The summed E-state index contributed by atoms with van der Waals surface area (Å²) in [6, 6.07) is 5.76. The molecule has 4 rings (SSSR count). The number of rotatable bonds is 3. The van der Waals surface area contributed by atoms with Crippen LogP contribution in [0.5, 0.6) is 0 Å². The van der Waals surface area contributed by atoms with E-state index in [1.54, 1.807) is 11.8 Å². The summed E-state index contributed by atoms with van der Waals surface area (Å²) in [5.74, 6) is -0.405. The number of H-pyrrole nitrogens is 2. The van der Waals surface area contributed by atoms with Crippen molar-refractivity contribution in [1.82, 2.24) is 20.1 Å². The number of aromatic nitrogens is 3. The number of fused-ring (bicyclic) bond motifs is 1. The molecule has 3 aromatic rings. The first kappa shape index (κ1) is 18.2. The number of morpholine rings is 1. The number of aromatic amines is 2. The van der Waals surface area contributed by atoms with Crippen molar-refractivity contribution in [3.8, 4) is 0 Å².